The summed E-state index contributed by atoms with van der Waals surface area (Å²) >= 11 is 12.3. The van der Waals surface area contributed by atoms with E-state index in [1.165, 1.54) is 24.8 Å². The minimum absolute atomic E-state index is 0. The number of aliphatic hydroxyl groups excluding tert-OH is 1. The van der Waals surface area contributed by atoms with Crippen LogP contribution in [0.1, 0.15) is 60.6 Å². The highest BCUT2D eigenvalue weighted by atomic mass is 35.5. The molecule has 304 valence electrons. The first kappa shape index (κ1) is 42.3. The molecule has 0 aliphatic carbocycles. The lowest BCUT2D eigenvalue weighted by molar-refractivity contribution is -0.199. The van der Waals surface area contributed by atoms with Gasteiger partial charge in [0, 0.05) is 12.4 Å². The molecule has 4 saturated heterocycles. The Balaban J connectivity index is 0.000000195. The van der Waals surface area contributed by atoms with Crippen LogP contribution in [0, 0.1) is 6.92 Å². The number of nitrogens with zero attached hydrogens (tertiary/aromatic N) is 6. The molecule has 0 spiro atoms. The summed E-state index contributed by atoms with van der Waals surface area (Å²) in [5, 5.41) is 11.7. The molecule has 9 rings (SSSR count). The van der Waals surface area contributed by atoms with Crippen molar-refractivity contribution >= 4 is 55.4 Å². The molecule has 4 fully saturated rings. The zero-order valence-corrected chi connectivity index (χ0v) is 32.1. The average molecular weight is 838 g/mol. The van der Waals surface area contributed by atoms with E-state index in [0.29, 0.717) is 27.0 Å². The van der Waals surface area contributed by atoms with Gasteiger partial charge in [0.05, 0.1) is 28.9 Å². The second-order valence-corrected chi connectivity index (χ2v) is 16.6. The van der Waals surface area contributed by atoms with E-state index in [2.05, 4.69) is 19.9 Å². The van der Waals surface area contributed by atoms with Gasteiger partial charge in [-0.15, -0.1) is 0 Å². The van der Waals surface area contributed by atoms with Gasteiger partial charge in [-0.1, -0.05) is 55.8 Å². The smallest absolute Gasteiger partial charge is 0.297 e. The summed E-state index contributed by atoms with van der Waals surface area (Å²) in [5.74, 6) is -1.57. The maximum atomic E-state index is 12.7. The van der Waals surface area contributed by atoms with Crippen LogP contribution < -0.4 is 0 Å². The van der Waals surface area contributed by atoms with Crippen molar-refractivity contribution in [1.29, 1.82) is 0 Å². The van der Waals surface area contributed by atoms with Gasteiger partial charge >= 0.3 is 0 Å². The Morgan fingerprint density at radius 3 is 1.64 bits per heavy atom. The Bertz CT molecular complexity index is 2290. The van der Waals surface area contributed by atoms with E-state index in [9.17, 15) is 13.5 Å². The van der Waals surface area contributed by atoms with Crippen molar-refractivity contribution in [2.75, 3.05) is 13.2 Å². The van der Waals surface area contributed by atoms with Gasteiger partial charge in [-0.2, -0.15) is 8.42 Å². The molecule has 0 bridgehead atoms. The predicted molar refractivity (Wildman–Crippen MR) is 205 cm³/mol. The Morgan fingerprint density at radius 1 is 0.714 bits per heavy atom. The van der Waals surface area contributed by atoms with Crippen LogP contribution in [0.2, 0.25) is 10.3 Å². The molecule has 0 unspecified atom stereocenters. The zero-order chi connectivity index (χ0) is 38.2. The monoisotopic (exact) mass is 836 g/mol. The van der Waals surface area contributed by atoms with E-state index in [4.69, 9.17) is 55.8 Å². The van der Waals surface area contributed by atoms with Gasteiger partial charge < -0.3 is 42.7 Å². The molecular weight excluding hydrogens is 791 g/mol. The van der Waals surface area contributed by atoms with Crippen molar-refractivity contribution in [1.82, 2.24) is 29.1 Å². The lowest BCUT2D eigenvalue weighted by Crippen LogP contribution is -2.33. The highest BCUT2D eigenvalue weighted by Crippen LogP contribution is 2.45. The molecule has 0 amide bonds. The molecule has 19 heteroatoms. The van der Waals surface area contributed by atoms with Crippen LogP contribution in [-0.4, -0.2) is 104 Å². The maximum absolute atomic E-state index is 12.7. The van der Waals surface area contributed by atoms with Gasteiger partial charge in [-0.3, -0.25) is 4.18 Å². The largest absolute Gasteiger partial charge is 0.394 e. The molecule has 4 aromatic heterocycles. The lowest BCUT2D eigenvalue weighted by Gasteiger charge is -2.25. The summed E-state index contributed by atoms with van der Waals surface area (Å²) in [5.41, 5.74) is 2.20. The summed E-state index contributed by atoms with van der Waals surface area (Å²) in [6, 6.07) is 10.1. The second kappa shape index (κ2) is 15.8. The van der Waals surface area contributed by atoms with Crippen molar-refractivity contribution in [2.45, 2.75) is 115 Å². The molecule has 4 aliphatic rings. The van der Waals surface area contributed by atoms with Gasteiger partial charge in [0.25, 0.3) is 10.1 Å². The van der Waals surface area contributed by atoms with E-state index in [-0.39, 0.29) is 45.2 Å². The second-order valence-electron chi connectivity index (χ2n) is 14.2. The van der Waals surface area contributed by atoms with Crippen LogP contribution in [0.3, 0.4) is 0 Å². The summed E-state index contributed by atoms with van der Waals surface area (Å²) in [6.07, 6.45) is 2.57. The number of benzene rings is 1. The molecular formula is C37H46Cl2N6O10S. The standard InChI is InChI=1S/C21H22ClN3O6S.C14H16ClN3O4.2CH4/c1-12-4-6-13(7-5-12)32(26,27)28-10-15-16-17(31-21(2,3)30-16)20(29-15)25-9-8-14-18(22)23-11-24-19(14)25;1-14(2)21-9-8(5-19)20-13(10(9)22-14)18-4-3-7-11(15)16-6-17-12(7)18;;/h4-9,11,15-17,20H,10H2,1-3H3;3-4,6,8-10,13,19H,5H2,1-2H3;2*1H4/t15-,16-,17-,20-;8-,9-,10-,13-;;/m11../s1. The van der Waals surface area contributed by atoms with Gasteiger partial charge in [0.15, 0.2) is 24.0 Å². The Hall–Kier alpha value is -3.33. The number of aliphatic hydroxyl groups is 1. The quantitative estimate of drug-likeness (QED) is 0.149. The van der Waals surface area contributed by atoms with E-state index in [0.717, 1.165) is 10.9 Å². The fraction of sp³-hybridized carbons (Fsp3) is 0.514. The number of fused-ring (bicyclic) bond motifs is 4. The van der Waals surface area contributed by atoms with E-state index in [1.807, 2.05) is 37.6 Å². The molecule has 16 nitrogen and oxygen atoms in total. The van der Waals surface area contributed by atoms with Crippen molar-refractivity contribution in [2.24, 2.45) is 0 Å². The number of aromatic nitrogens is 6. The third-order valence-electron chi connectivity index (χ3n) is 9.60. The average Bonchev–Trinajstić information content (AvgIpc) is 3.96. The van der Waals surface area contributed by atoms with E-state index in [1.54, 1.807) is 42.8 Å². The fourth-order valence-corrected chi connectivity index (χ4v) is 8.57. The molecule has 1 N–H and O–H groups in total. The van der Waals surface area contributed by atoms with Crippen LogP contribution in [0.5, 0.6) is 0 Å². The minimum Gasteiger partial charge on any atom is -0.394 e. The highest BCUT2D eigenvalue weighted by Gasteiger charge is 2.57. The molecule has 8 heterocycles. The van der Waals surface area contributed by atoms with Crippen LogP contribution >= 0.6 is 23.2 Å². The molecule has 0 radical (unpaired) electrons. The first-order valence-corrected chi connectivity index (χ1v) is 19.3. The number of hydrogen-bond donors (Lipinski definition) is 1. The first-order chi connectivity index (χ1) is 25.6. The highest BCUT2D eigenvalue weighted by molar-refractivity contribution is 7.86. The Kier molecular flexibility index (Phi) is 11.9. The molecule has 1 aromatic carbocycles. The summed E-state index contributed by atoms with van der Waals surface area (Å²) < 4.78 is 70.4. The van der Waals surface area contributed by atoms with Crippen molar-refractivity contribution in [3.63, 3.8) is 0 Å². The topological polar surface area (TPSA) is 180 Å². The molecule has 5 aromatic rings. The van der Waals surface area contributed by atoms with Crippen LogP contribution in [0.25, 0.3) is 22.1 Å². The van der Waals surface area contributed by atoms with Gasteiger partial charge in [-0.05, 0) is 58.9 Å². The zero-order valence-electron chi connectivity index (χ0n) is 29.8. The van der Waals surface area contributed by atoms with Gasteiger partial charge in [-0.25, -0.2) is 19.9 Å². The van der Waals surface area contributed by atoms with Gasteiger partial charge in [0.2, 0.25) is 0 Å². The van der Waals surface area contributed by atoms with Crippen molar-refractivity contribution in [3.8, 4) is 0 Å². The number of aryl methyl sites for hydroxylation is 1. The summed E-state index contributed by atoms with van der Waals surface area (Å²) in [6.45, 7) is 8.83. The summed E-state index contributed by atoms with van der Waals surface area (Å²) in [7, 11) is -3.95. The van der Waals surface area contributed by atoms with E-state index >= 15 is 0 Å². The Labute approximate surface area is 335 Å². The Morgan fingerprint density at radius 2 is 1.16 bits per heavy atom. The van der Waals surface area contributed by atoms with Crippen LogP contribution in [0.15, 0.2) is 66.3 Å². The number of rotatable bonds is 7. The lowest BCUT2D eigenvalue weighted by atomic mass is 10.1. The third kappa shape index (κ3) is 7.79. The van der Waals surface area contributed by atoms with E-state index < -0.39 is 58.6 Å². The molecule has 4 aliphatic heterocycles. The fourth-order valence-electron chi connectivity index (χ4n) is 7.27. The van der Waals surface area contributed by atoms with Crippen molar-refractivity contribution in [3.05, 3.63) is 77.3 Å². The minimum atomic E-state index is -3.95. The number of ether oxygens (including phenoxy) is 6. The predicted octanol–water partition coefficient (Wildman–Crippen LogP) is 5.98. The van der Waals surface area contributed by atoms with Crippen molar-refractivity contribution < 1.29 is 46.1 Å². The van der Waals surface area contributed by atoms with Crippen LogP contribution in [0.4, 0.5) is 0 Å². The van der Waals surface area contributed by atoms with Crippen LogP contribution in [-0.2, 0) is 42.7 Å². The SMILES string of the molecule is C.C.CC1(C)O[C@@H]2[C@H](O1)[C@@H](CO)O[C@H]2n1ccc2c(Cl)ncnc21.Cc1ccc(S(=O)(=O)OC[C@H]2O[C@@H](n3ccc4c(Cl)ncnc43)[C@@H]3OC(C)(C)O[C@@H]32)cc1. The maximum Gasteiger partial charge on any atom is 0.297 e. The number of hydrogen-bond acceptors (Lipinski definition) is 14. The van der Waals surface area contributed by atoms with Gasteiger partial charge in [0.1, 0.15) is 70.9 Å². The third-order valence-corrected chi connectivity index (χ3v) is 11.5. The summed E-state index contributed by atoms with van der Waals surface area (Å²) in [4.78, 5) is 16.7. The molecule has 0 saturated carbocycles. The first-order valence-electron chi connectivity index (χ1n) is 17.2. The normalized spacial score (nSPS) is 28.6. The number of halogens is 2. The molecule has 56 heavy (non-hydrogen) atoms. The molecule has 8 atom stereocenters.